The molecule has 0 aromatic heterocycles. The molecule has 0 bridgehead atoms. The molecule has 0 atom stereocenters. The first-order valence-corrected chi connectivity index (χ1v) is 10.9. The lowest BCUT2D eigenvalue weighted by Gasteiger charge is -2.11. The fourth-order valence-electron chi connectivity index (χ4n) is 3.05. The van der Waals surface area contributed by atoms with Crippen LogP contribution < -0.4 is 19.5 Å². The van der Waals surface area contributed by atoms with Gasteiger partial charge in [0.25, 0.3) is 5.91 Å². The molecule has 1 aliphatic rings. The van der Waals surface area contributed by atoms with Crippen LogP contribution in [0.3, 0.4) is 0 Å². The highest BCUT2D eigenvalue weighted by molar-refractivity contribution is 7.91. The second kappa shape index (κ2) is 7.89. The lowest BCUT2D eigenvalue weighted by molar-refractivity contribution is 0.102. The van der Waals surface area contributed by atoms with Gasteiger partial charge in [-0.1, -0.05) is 23.7 Å². The molecule has 3 aromatic carbocycles. The lowest BCUT2D eigenvalue weighted by Crippen LogP contribution is -2.16. The molecule has 3 aromatic rings. The zero-order valence-corrected chi connectivity index (χ0v) is 17.4. The van der Waals surface area contributed by atoms with E-state index < -0.39 is 15.9 Å². The quantitative estimate of drug-likeness (QED) is 0.597. The summed E-state index contributed by atoms with van der Waals surface area (Å²) in [5.74, 6) is 0.650. The summed E-state index contributed by atoms with van der Waals surface area (Å²) in [4.78, 5) is 12.6. The Hall–Kier alpha value is -3.23. The van der Waals surface area contributed by atoms with Crippen molar-refractivity contribution in [1.82, 2.24) is 0 Å². The first-order chi connectivity index (χ1) is 14.3. The molecule has 0 aliphatic carbocycles. The van der Waals surface area contributed by atoms with Crippen molar-refractivity contribution in [2.24, 2.45) is 0 Å². The van der Waals surface area contributed by atoms with Crippen LogP contribution in [0.5, 0.6) is 17.2 Å². The minimum atomic E-state index is -3.72. The van der Waals surface area contributed by atoms with E-state index in [2.05, 4.69) is 10.0 Å². The molecular weight excluding hydrogens is 428 g/mol. The van der Waals surface area contributed by atoms with Gasteiger partial charge in [0, 0.05) is 10.7 Å². The molecule has 7 nitrogen and oxygen atoms in total. The van der Waals surface area contributed by atoms with Gasteiger partial charge in [-0.2, -0.15) is 0 Å². The van der Waals surface area contributed by atoms with E-state index in [-0.39, 0.29) is 17.0 Å². The standard InChI is InChI=1S/C21H17ClN2O5S/c1-28-16-4-2-3-13(9-16)12-30(26,27)24-15-6-8-19-17(11-15)21(25)23-18-10-14(22)5-7-20(18)29-19/h2-11,24H,12H2,1H3,(H,23,25). The maximum absolute atomic E-state index is 12.6. The Kier molecular flexibility index (Phi) is 5.27. The van der Waals surface area contributed by atoms with Crippen LogP contribution in [0.15, 0.2) is 60.7 Å². The zero-order chi connectivity index (χ0) is 21.3. The molecule has 0 spiro atoms. The first-order valence-electron chi connectivity index (χ1n) is 8.89. The third-order valence-corrected chi connectivity index (χ3v) is 5.89. The van der Waals surface area contributed by atoms with Crippen molar-refractivity contribution in [2.45, 2.75) is 5.75 Å². The number of carbonyl (C=O) groups is 1. The Morgan fingerprint density at radius 2 is 1.87 bits per heavy atom. The topological polar surface area (TPSA) is 93.7 Å². The highest BCUT2D eigenvalue weighted by atomic mass is 35.5. The predicted molar refractivity (Wildman–Crippen MR) is 115 cm³/mol. The number of fused-ring (bicyclic) bond motifs is 2. The third-order valence-electron chi connectivity index (χ3n) is 4.40. The summed E-state index contributed by atoms with van der Waals surface area (Å²) in [7, 11) is -2.21. The zero-order valence-electron chi connectivity index (χ0n) is 15.8. The SMILES string of the molecule is COc1cccc(CS(=O)(=O)Nc2ccc3c(c2)C(=O)Nc2cc(Cl)ccc2O3)c1. The molecule has 30 heavy (non-hydrogen) atoms. The second-order valence-electron chi connectivity index (χ2n) is 6.62. The highest BCUT2D eigenvalue weighted by Crippen LogP contribution is 2.38. The molecule has 0 fully saturated rings. The summed E-state index contributed by atoms with van der Waals surface area (Å²) in [6.07, 6.45) is 0. The monoisotopic (exact) mass is 444 g/mol. The van der Waals surface area contributed by atoms with Gasteiger partial charge in [-0.15, -0.1) is 0 Å². The molecule has 1 amide bonds. The van der Waals surface area contributed by atoms with E-state index in [0.717, 1.165) is 0 Å². The minimum absolute atomic E-state index is 0.198. The summed E-state index contributed by atoms with van der Waals surface area (Å²) >= 11 is 5.98. The Morgan fingerprint density at radius 1 is 1.07 bits per heavy atom. The van der Waals surface area contributed by atoms with Gasteiger partial charge in [0.1, 0.15) is 11.5 Å². The number of hydrogen-bond donors (Lipinski definition) is 2. The summed E-state index contributed by atoms with van der Waals surface area (Å²) in [5.41, 5.74) is 1.46. The first kappa shape index (κ1) is 20.1. The van der Waals surface area contributed by atoms with Crippen LogP contribution in [0.2, 0.25) is 5.02 Å². The molecule has 0 unspecified atom stereocenters. The number of rotatable bonds is 5. The van der Waals surface area contributed by atoms with Gasteiger partial charge in [0.2, 0.25) is 10.0 Å². The van der Waals surface area contributed by atoms with Gasteiger partial charge < -0.3 is 14.8 Å². The van der Waals surface area contributed by atoms with E-state index >= 15 is 0 Å². The van der Waals surface area contributed by atoms with Gasteiger partial charge in [0.15, 0.2) is 5.75 Å². The molecule has 0 radical (unpaired) electrons. The van der Waals surface area contributed by atoms with Crippen LogP contribution in [-0.4, -0.2) is 21.4 Å². The average Bonchev–Trinajstić information content (AvgIpc) is 2.83. The number of ether oxygens (including phenoxy) is 2. The van der Waals surface area contributed by atoms with Crippen LogP contribution in [-0.2, 0) is 15.8 Å². The number of halogens is 1. The van der Waals surface area contributed by atoms with Crippen molar-refractivity contribution in [3.63, 3.8) is 0 Å². The van der Waals surface area contributed by atoms with Crippen LogP contribution in [0.1, 0.15) is 15.9 Å². The number of hydrogen-bond acceptors (Lipinski definition) is 5. The van der Waals surface area contributed by atoms with E-state index in [4.69, 9.17) is 21.1 Å². The Bertz CT molecular complexity index is 1240. The molecule has 4 rings (SSSR count). The molecule has 154 valence electrons. The van der Waals surface area contributed by atoms with Crippen molar-refractivity contribution < 1.29 is 22.7 Å². The van der Waals surface area contributed by atoms with Crippen LogP contribution >= 0.6 is 11.6 Å². The minimum Gasteiger partial charge on any atom is -0.497 e. The summed E-state index contributed by atoms with van der Waals surface area (Å²) in [5, 5.41) is 3.18. The molecule has 1 aliphatic heterocycles. The van der Waals surface area contributed by atoms with Crippen LogP contribution in [0.4, 0.5) is 11.4 Å². The number of carbonyl (C=O) groups excluding carboxylic acids is 1. The Morgan fingerprint density at radius 3 is 2.67 bits per heavy atom. The number of benzene rings is 3. The number of nitrogens with one attached hydrogen (secondary N) is 2. The van der Waals surface area contributed by atoms with Crippen molar-refractivity contribution in [2.75, 3.05) is 17.1 Å². The van der Waals surface area contributed by atoms with E-state index in [9.17, 15) is 13.2 Å². The molecule has 1 heterocycles. The number of methoxy groups -OCH3 is 1. The Balaban J connectivity index is 1.58. The molecule has 0 saturated carbocycles. The van der Waals surface area contributed by atoms with Gasteiger partial charge in [0.05, 0.1) is 24.1 Å². The largest absolute Gasteiger partial charge is 0.497 e. The summed E-state index contributed by atoms with van der Waals surface area (Å²) in [6, 6.07) is 16.2. The van der Waals surface area contributed by atoms with Crippen molar-refractivity contribution in [1.29, 1.82) is 0 Å². The summed E-state index contributed by atoms with van der Waals surface area (Å²) < 4.78 is 38.6. The molecule has 2 N–H and O–H groups in total. The van der Waals surface area contributed by atoms with Gasteiger partial charge in [-0.05, 0) is 54.1 Å². The lowest BCUT2D eigenvalue weighted by atomic mass is 10.1. The fourth-order valence-corrected chi connectivity index (χ4v) is 4.40. The second-order valence-corrected chi connectivity index (χ2v) is 8.78. The fraction of sp³-hybridized carbons (Fsp3) is 0.0952. The van der Waals surface area contributed by atoms with Crippen LogP contribution in [0, 0.1) is 0 Å². The predicted octanol–water partition coefficient (Wildman–Crippen LogP) is 4.65. The van der Waals surface area contributed by atoms with E-state index in [1.807, 2.05) is 0 Å². The van der Waals surface area contributed by atoms with E-state index in [1.165, 1.54) is 19.2 Å². The summed E-state index contributed by atoms with van der Waals surface area (Å²) in [6.45, 7) is 0. The third kappa shape index (κ3) is 4.34. The van der Waals surface area contributed by atoms with Crippen LogP contribution in [0.25, 0.3) is 0 Å². The Labute approximate surface area is 178 Å². The van der Waals surface area contributed by atoms with Gasteiger partial charge in [-0.25, -0.2) is 8.42 Å². The maximum atomic E-state index is 12.6. The maximum Gasteiger partial charge on any atom is 0.259 e. The van der Waals surface area contributed by atoms with Gasteiger partial charge in [-0.3, -0.25) is 9.52 Å². The smallest absolute Gasteiger partial charge is 0.259 e. The highest BCUT2D eigenvalue weighted by Gasteiger charge is 2.22. The number of amides is 1. The number of sulfonamides is 1. The normalized spacial score (nSPS) is 12.7. The van der Waals surface area contributed by atoms with Crippen molar-refractivity contribution in [3.8, 4) is 17.2 Å². The molecular formula is C21H17ClN2O5S. The molecule has 0 saturated heterocycles. The van der Waals surface area contributed by atoms with Crippen molar-refractivity contribution in [3.05, 3.63) is 76.8 Å². The van der Waals surface area contributed by atoms with E-state index in [0.29, 0.717) is 33.5 Å². The van der Waals surface area contributed by atoms with Gasteiger partial charge >= 0.3 is 0 Å². The van der Waals surface area contributed by atoms with Crippen molar-refractivity contribution >= 4 is 38.9 Å². The molecule has 9 heteroatoms. The van der Waals surface area contributed by atoms with E-state index in [1.54, 1.807) is 48.5 Å². The average molecular weight is 445 g/mol. The number of anilines is 2.